The van der Waals surface area contributed by atoms with Gasteiger partial charge in [-0.1, -0.05) is 25.1 Å². The van der Waals surface area contributed by atoms with E-state index >= 15 is 0 Å². The Balaban J connectivity index is 1.41. The molecule has 0 amide bonds. The van der Waals surface area contributed by atoms with Gasteiger partial charge in [0, 0.05) is 49.3 Å². The van der Waals surface area contributed by atoms with E-state index in [0.717, 1.165) is 26.2 Å². The summed E-state index contributed by atoms with van der Waals surface area (Å²) in [6.45, 7) is 7.74. The quantitative estimate of drug-likeness (QED) is 0.730. The first-order valence-corrected chi connectivity index (χ1v) is 9.74. The number of likely N-dealkylation sites (N-methyl/N-ethyl adjacent to an activating group) is 1. The fourth-order valence-corrected chi connectivity index (χ4v) is 4.15. The van der Waals surface area contributed by atoms with Crippen LogP contribution in [0.3, 0.4) is 0 Å². The monoisotopic (exact) mass is 348 g/mol. The molecule has 0 spiro atoms. The fraction of sp³-hybridized carbons (Fsp3) is 0.409. The Morgan fingerprint density at radius 2 is 2.04 bits per heavy atom. The molecule has 136 valence electrons. The van der Waals surface area contributed by atoms with Crippen LogP contribution in [0.1, 0.15) is 31.0 Å². The van der Waals surface area contributed by atoms with E-state index < -0.39 is 0 Å². The first kappa shape index (κ1) is 17.3. The minimum Gasteiger partial charge on any atom is -0.357 e. The van der Waals surface area contributed by atoms with Crippen molar-refractivity contribution in [3.63, 3.8) is 0 Å². The van der Waals surface area contributed by atoms with Crippen LogP contribution in [-0.2, 0) is 13.1 Å². The van der Waals surface area contributed by atoms with Crippen molar-refractivity contribution in [1.82, 2.24) is 19.8 Å². The molecule has 3 aromatic rings. The highest BCUT2D eigenvalue weighted by atomic mass is 15.2. The average Bonchev–Trinajstić information content (AvgIpc) is 3.09. The lowest BCUT2D eigenvalue weighted by Crippen LogP contribution is -2.47. The van der Waals surface area contributed by atoms with Crippen molar-refractivity contribution in [2.24, 2.45) is 0 Å². The number of para-hydroxylation sites is 1. The number of nitrogens with one attached hydrogen (secondary N) is 1. The molecule has 0 bridgehead atoms. The Morgan fingerprint density at radius 3 is 2.85 bits per heavy atom. The van der Waals surface area contributed by atoms with E-state index in [1.165, 1.54) is 41.5 Å². The smallest absolute Gasteiger partial charge is 0.0456 e. The number of piperidine rings is 1. The second kappa shape index (κ2) is 8.02. The standard InChI is InChI=1S/C22H28N4/c1-2-26(15-18-9-11-23-12-10-18)21-7-5-13-25(17-21)16-20-14-19-6-3-4-8-22(19)24-20/h3-4,6,8-12,14,21,24H,2,5,7,13,15-17H2,1H3/t21-/m0/s1. The van der Waals surface area contributed by atoms with E-state index in [0.29, 0.717) is 6.04 Å². The zero-order valence-electron chi connectivity index (χ0n) is 15.6. The van der Waals surface area contributed by atoms with Gasteiger partial charge in [-0.3, -0.25) is 14.8 Å². The third-order valence-corrected chi connectivity index (χ3v) is 5.52. The maximum absolute atomic E-state index is 4.14. The van der Waals surface area contributed by atoms with E-state index in [1.54, 1.807) is 0 Å². The van der Waals surface area contributed by atoms with Gasteiger partial charge in [0.25, 0.3) is 0 Å². The van der Waals surface area contributed by atoms with Crippen LogP contribution in [0.25, 0.3) is 10.9 Å². The van der Waals surface area contributed by atoms with Crippen molar-refractivity contribution in [2.45, 2.75) is 38.9 Å². The predicted molar refractivity (Wildman–Crippen MR) is 107 cm³/mol. The topological polar surface area (TPSA) is 35.2 Å². The average molecular weight is 348 g/mol. The van der Waals surface area contributed by atoms with Crippen molar-refractivity contribution in [1.29, 1.82) is 0 Å². The van der Waals surface area contributed by atoms with E-state index in [2.05, 4.69) is 69.2 Å². The number of fused-ring (bicyclic) bond motifs is 1. The first-order valence-electron chi connectivity index (χ1n) is 9.74. The molecule has 3 heterocycles. The van der Waals surface area contributed by atoms with Crippen LogP contribution in [0.5, 0.6) is 0 Å². The van der Waals surface area contributed by atoms with Gasteiger partial charge < -0.3 is 4.98 Å². The maximum Gasteiger partial charge on any atom is 0.0456 e. The fourth-order valence-electron chi connectivity index (χ4n) is 4.15. The van der Waals surface area contributed by atoms with Gasteiger partial charge in [-0.25, -0.2) is 0 Å². The van der Waals surface area contributed by atoms with Gasteiger partial charge in [0.2, 0.25) is 0 Å². The largest absolute Gasteiger partial charge is 0.357 e. The highest BCUT2D eigenvalue weighted by Crippen LogP contribution is 2.21. The summed E-state index contributed by atoms with van der Waals surface area (Å²) in [4.78, 5) is 12.9. The summed E-state index contributed by atoms with van der Waals surface area (Å²) in [6, 6.07) is 15.7. The zero-order valence-corrected chi connectivity index (χ0v) is 15.6. The van der Waals surface area contributed by atoms with Gasteiger partial charge in [-0.05, 0) is 61.1 Å². The van der Waals surface area contributed by atoms with Gasteiger partial charge in [0.15, 0.2) is 0 Å². The van der Waals surface area contributed by atoms with Crippen LogP contribution in [0.15, 0.2) is 54.9 Å². The minimum absolute atomic E-state index is 0.631. The molecule has 1 N–H and O–H groups in total. The summed E-state index contributed by atoms with van der Waals surface area (Å²) < 4.78 is 0. The van der Waals surface area contributed by atoms with Gasteiger partial charge >= 0.3 is 0 Å². The lowest BCUT2D eigenvalue weighted by Gasteiger charge is -2.39. The number of benzene rings is 1. The Kier molecular flexibility index (Phi) is 5.32. The highest BCUT2D eigenvalue weighted by molar-refractivity contribution is 5.80. The summed E-state index contributed by atoms with van der Waals surface area (Å²) in [6.07, 6.45) is 6.36. The normalized spacial score (nSPS) is 18.6. The van der Waals surface area contributed by atoms with Crippen molar-refractivity contribution >= 4 is 10.9 Å². The SMILES string of the molecule is CCN(Cc1ccncc1)[C@H]1CCCN(Cc2cc3ccccc3[nH]2)C1. The molecular formula is C22H28N4. The van der Waals surface area contributed by atoms with Crippen LogP contribution >= 0.6 is 0 Å². The molecule has 4 rings (SSSR count). The number of H-pyrrole nitrogens is 1. The molecular weight excluding hydrogens is 320 g/mol. The molecule has 1 saturated heterocycles. The van der Waals surface area contributed by atoms with Crippen LogP contribution in [0.4, 0.5) is 0 Å². The summed E-state index contributed by atoms with van der Waals surface area (Å²) >= 11 is 0. The third-order valence-electron chi connectivity index (χ3n) is 5.52. The molecule has 4 heteroatoms. The summed E-state index contributed by atoms with van der Waals surface area (Å²) in [7, 11) is 0. The van der Waals surface area contributed by atoms with Gasteiger partial charge in [0.05, 0.1) is 0 Å². The molecule has 0 saturated carbocycles. The third kappa shape index (κ3) is 3.97. The van der Waals surface area contributed by atoms with Gasteiger partial charge in [0.1, 0.15) is 0 Å². The second-order valence-corrected chi connectivity index (χ2v) is 7.33. The van der Waals surface area contributed by atoms with Crippen LogP contribution < -0.4 is 0 Å². The van der Waals surface area contributed by atoms with Gasteiger partial charge in [-0.2, -0.15) is 0 Å². The highest BCUT2D eigenvalue weighted by Gasteiger charge is 2.24. The van der Waals surface area contributed by atoms with Crippen molar-refractivity contribution in [2.75, 3.05) is 19.6 Å². The molecule has 26 heavy (non-hydrogen) atoms. The van der Waals surface area contributed by atoms with Gasteiger partial charge in [-0.15, -0.1) is 0 Å². The molecule has 1 aromatic carbocycles. The van der Waals surface area contributed by atoms with Crippen LogP contribution in [-0.4, -0.2) is 45.4 Å². The Morgan fingerprint density at radius 1 is 1.19 bits per heavy atom. The van der Waals surface area contributed by atoms with Crippen LogP contribution in [0, 0.1) is 0 Å². The number of hydrogen-bond donors (Lipinski definition) is 1. The zero-order chi connectivity index (χ0) is 17.8. The van der Waals surface area contributed by atoms with Crippen molar-refractivity contribution in [3.8, 4) is 0 Å². The lowest BCUT2D eigenvalue weighted by atomic mass is 10.0. The predicted octanol–water partition coefficient (Wildman–Crippen LogP) is 4.05. The molecule has 0 unspecified atom stereocenters. The van der Waals surface area contributed by atoms with E-state index in [4.69, 9.17) is 0 Å². The molecule has 2 aromatic heterocycles. The Bertz CT molecular complexity index is 793. The number of nitrogens with zero attached hydrogens (tertiary/aromatic N) is 3. The molecule has 0 radical (unpaired) electrons. The number of pyridine rings is 1. The van der Waals surface area contributed by atoms with E-state index in [-0.39, 0.29) is 0 Å². The number of hydrogen-bond acceptors (Lipinski definition) is 3. The summed E-state index contributed by atoms with van der Waals surface area (Å²) in [5, 5.41) is 1.31. The number of aromatic nitrogens is 2. The molecule has 1 atom stereocenters. The van der Waals surface area contributed by atoms with Crippen LogP contribution in [0.2, 0.25) is 0 Å². The molecule has 0 aliphatic carbocycles. The molecule has 1 aliphatic heterocycles. The number of rotatable bonds is 6. The number of aromatic amines is 1. The first-order chi connectivity index (χ1) is 12.8. The van der Waals surface area contributed by atoms with Crippen molar-refractivity contribution in [3.05, 3.63) is 66.1 Å². The van der Waals surface area contributed by atoms with Crippen molar-refractivity contribution < 1.29 is 0 Å². The minimum atomic E-state index is 0.631. The Hall–Kier alpha value is -2.17. The molecule has 1 aliphatic rings. The molecule has 4 nitrogen and oxygen atoms in total. The molecule has 1 fully saturated rings. The summed E-state index contributed by atoms with van der Waals surface area (Å²) in [5.74, 6) is 0. The van der Waals surface area contributed by atoms with E-state index in [9.17, 15) is 0 Å². The van der Waals surface area contributed by atoms with E-state index in [1.807, 2.05) is 12.4 Å². The summed E-state index contributed by atoms with van der Waals surface area (Å²) in [5.41, 5.74) is 3.92. The second-order valence-electron chi connectivity index (χ2n) is 7.33. The Labute approximate surface area is 155 Å². The maximum atomic E-state index is 4.14. The lowest BCUT2D eigenvalue weighted by molar-refractivity contribution is 0.0912. The number of likely N-dealkylation sites (tertiary alicyclic amines) is 1.